The molecule has 0 unspecified atom stereocenters. The van der Waals surface area contributed by atoms with Crippen LogP contribution in [0.5, 0.6) is 0 Å². The lowest BCUT2D eigenvalue weighted by molar-refractivity contribution is -0.385. The van der Waals surface area contributed by atoms with Gasteiger partial charge in [-0.05, 0) is 22.9 Å². The molecule has 0 fully saturated rings. The second-order valence-corrected chi connectivity index (χ2v) is 4.21. The molecule has 0 saturated heterocycles. The smallest absolute Gasteiger partial charge is 0.332 e. The van der Waals surface area contributed by atoms with E-state index in [1.807, 2.05) is 6.92 Å². The fourth-order valence-electron chi connectivity index (χ4n) is 1.32. The minimum atomic E-state index is -0.541. The highest BCUT2D eigenvalue weighted by Gasteiger charge is 2.19. The second-order valence-electron chi connectivity index (χ2n) is 3.29. The van der Waals surface area contributed by atoms with Crippen molar-refractivity contribution in [3.63, 3.8) is 0 Å². The fraction of sp³-hybridized carbons (Fsp3) is 0.222. The van der Waals surface area contributed by atoms with E-state index in [0.717, 1.165) is 6.20 Å². The number of nitrogens with one attached hydrogen (secondary N) is 1. The summed E-state index contributed by atoms with van der Waals surface area (Å²) in [7, 11) is 0. The Bertz CT molecular complexity index is 584. The fourth-order valence-corrected chi connectivity index (χ4v) is 1.61. The Balaban J connectivity index is 2.53. The van der Waals surface area contributed by atoms with Gasteiger partial charge in [-0.2, -0.15) is 10.1 Å². The van der Waals surface area contributed by atoms with Gasteiger partial charge in [0.05, 0.1) is 15.6 Å². The van der Waals surface area contributed by atoms with E-state index in [1.54, 1.807) is 6.20 Å². The molecule has 0 atom stereocenters. The van der Waals surface area contributed by atoms with Crippen LogP contribution in [-0.4, -0.2) is 31.2 Å². The molecule has 8 nitrogen and oxygen atoms in total. The van der Waals surface area contributed by atoms with Crippen LogP contribution in [0.3, 0.4) is 0 Å². The Kier molecular flexibility index (Phi) is 3.51. The highest BCUT2D eigenvalue weighted by atomic mass is 79.9. The molecule has 0 spiro atoms. The van der Waals surface area contributed by atoms with E-state index in [4.69, 9.17) is 0 Å². The molecule has 0 aliphatic heterocycles. The van der Waals surface area contributed by atoms with E-state index in [1.165, 1.54) is 10.9 Å². The van der Waals surface area contributed by atoms with Crippen molar-refractivity contribution in [1.29, 1.82) is 0 Å². The van der Waals surface area contributed by atoms with Crippen LogP contribution in [0.4, 0.5) is 11.6 Å². The van der Waals surface area contributed by atoms with Crippen molar-refractivity contribution >= 4 is 27.6 Å². The van der Waals surface area contributed by atoms with Crippen molar-refractivity contribution in [3.8, 4) is 5.82 Å². The van der Waals surface area contributed by atoms with Gasteiger partial charge in [-0.3, -0.25) is 10.1 Å². The lowest BCUT2D eigenvalue weighted by Crippen LogP contribution is -2.09. The van der Waals surface area contributed by atoms with Crippen LogP contribution in [-0.2, 0) is 0 Å². The van der Waals surface area contributed by atoms with Gasteiger partial charge < -0.3 is 5.32 Å². The Morgan fingerprint density at radius 1 is 1.56 bits per heavy atom. The highest BCUT2D eigenvalue weighted by molar-refractivity contribution is 9.10. The topological polar surface area (TPSA) is 98.8 Å². The van der Waals surface area contributed by atoms with Crippen LogP contribution < -0.4 is 5.32 Å². The van der Waals surface area contributed by atoms with Gasteiger partial charge in [0.2, 0.25) is 11.8 Å². The van der Waals surface area contributed by atoms with Gasteiger partial charge >= 0.3 is 5.69 Å². The van der Waals surface area contributed by atoms with Gasteiger partial charge in [-0.15, -0.1) is 0 Å². The normalized spacial score (nSPS) is 10.3. The molecule has 0 radical (unpaired) electrons. The molecular weight excluding hydrogens is 304 g/mol. The summed E-state index contributed by atoms with van der Waals surface area (Å²) in [5, 5.41) is 17.8. The zero-order valence-corrected chi connectivity index (χ0v) is 11.0. The van der Waals surface area contributed by atoms with E-state index in [0.29, 0.717) is 17.0 Å². The van der Waals surface area contributed by atoms with Gasteiger partial charge in [0.25, 0.3) is 0 Å². The average molecular weight is 313 g/mol. The van der Waals surface area contributed by atoms with Crippen LogP contribution in [0.2, 0.25) is 0 Å². The average Bonchev–Trinajstić information content (AvgIpc) is 2.76. The maximum absolute atomic E-state index is 10.9. The van der Waals surface area contributed by atoms with Crippen molar-refractivity contribution in [2.45, 2.75) is 6.92 Å². The summed E-state index contributed by atoms with van der Waals surface area (Å²) < 4.78 is 2.03. The molecule has 94 valence electrons. The third-order valence-corrected chi connectivity index (χ3v) is 2.46. The monoisotopic (exact) mass is 312 g/mol. The molecule has 0 saturated carbocycles. The Labute approximate surface area is 110 Å². The van der Waals surface area contributed by atoms with Crippen molar-refractivity contribution in [2.75, 3.05) is 11.9 Å². The molecule has 0 aromatic carbocycles. The molecule has 2 heterocycles. The molecule has 18 heavy (non-hydrogen) atoms. The number of hydrogen-bond donors (Lipinski definition) is 1. The summed E-state index contributed by atoms with van der Waals surface area (Å²) in [6, 6.07) is 0. The summed E-state index contributed by atoms with van der Waals surface area (Å²) in [4.78, 5) is 18.3. The van der Waals surface area contributed by atoms with Crippen LogP contribution in [0, 0.1) is 10.1 Å². The molecule has 2 rings (SSSR count). The highest BCUT2D eigenvalue weighted by Crippen LogP contribution is 2.21. The number of nitrogens with zero attached hydrogens (tertiary/aromatic N) is 5. The maximum Gasteiger partial charge on any atom is 0.332 e. The van der Waals surface area contributed by atoms with Crippen LogP contribution >= 0.6 is 15.9 Å². The zero-order chi connectivity index (χ0) is 13.1. The molecule has 0 aliphatic carbocycles. The lowest BCUT2D eigenvalue weighted by atomic mass is 10.5. The Morgan fingerprint density at radius 3 is 2.89 bits per heavy atom. The standard InChI is InChI=1S/C9H9BrN6O2/c1-2-11-9-12-4-7(16(17)18)8(14-9)15-5-6(10)3-13-15/h3-5H,2H2,1H3,(H,11,12,14). The van der Waals surface area contributed by atoms with Crippen molar-refractivity contribution in [1.82, 2.24) is 19.7 Å². The molecule has 9 heteroatoms. The van der Waals surface area contributed by atoms with E-state index >= 15 is 0 Å². The summed E-state index contributed by atoms with van der Waals surface area (Å²) in [5.74, 6) is 0.446. The third-order valence-electron chi connectivity index (χ3n) is 2.05. The van der Waals surface area contributed by atoms with E-state index < -0.39 is 4.92 Å². The number of nitro groups is 1. The summed E-state index contributed by atoms with van der Waals surface area (Å²) >= 11 is 3.23. The SMILES string of the molecule is CCNc1ncc([N+](=O)[O-])c(-n2cc(Br)cn2)n1. The first-order valence-electron chi connectivity index (χ1n) is 5.07. The first-order valence-corrected chi connectivity index (χ1v) is 5.87. The summed E-state index contributed by atoms with van der Waals surface area (Å²) in [6.45, 7) is 2.51. The largest absolute Gasteiger partial charge is 0.354 e. The predicted octanol–water partition coefficient (Wildman–Crippen LogP) is 1.76. The zero-order valence-electron chi connectivity index (χ0n) is 9.37. The number of anilines is 1. The summed E-state index contributed by atoms with van der Waals surface area (Å²) in [6.07, 6.45) is 4.28. The molecular formula is C9H9BrN6O2. The molecule has 0 amide bonds. The van der Waals surface area contributed by atoms with Crippen molar-refractivity contribution in [2.24, 2.45) is 0 Å². The number of aromatic nitrogens is 4. The maximum atomic E-state index is 10.9. The molecule has 1 N–H and O–H groups in total. The molecule has 0 bridgehead atoms. The van der Waals surface area contributed by atoms with Crippen LogP contribution in [0.15, 0.2) is 23.1 Å². The van der Waals surface area contributed by atoms with E-state index in [-0.39, 0.29) is 11.5 Å². The van der Waals surface area contributed by atoms with Gasteiger partial charge in [0.1, 0.15) is 6.20 Å². The van der Waals surface area contributed by atoms with E-state index in [9.17, 15) is 10.1 Å². The van der Waals surface area contributed by atoms with E-state index in [2.05, 4.69) is 36.3 Å². The van der Waals surface area contributed by atoms with Crippen molar-refractivity contribution in [3.05, 3.63) is 33.2 Å². The van der Waals surface area contributed by atoms with Crippen LogP contribution in [0.1, 0.15) is 6.92 Å². The molecule has 2 aromatic rings. The third kappa shape index (κ3) is 2.45. The van der Waals surface area contributed by atoms with Gasteiger partial charge in [0.15, 0.2) is 0 Å². The molecule has 0 aliphatic rings. The second kappa shape index (κ2) is 5.08. The lowest BCUT2D eigenvalue weighted by Gasteiger charge is -2.05. The van der Waals surface area contributed by atoms with Crippen LogP contribution in [0.25, 0.3) is 5.82 Å². The minimum Gasteiger partial charge on any atom is -0.354 e. The predicted molar refractivity (Wildman–Crippen MR) is 67.7 cm³/mol. The van der Waals surface area contributed by atoms with Crippen molar-refractivity contribution < 1.29 is 4.92 Å². The number of hydrogen-bond acceptors (Lipinski definition) is 6. The first-order chi connectivity index (χ1) is 8.61. The minimum absolute atomic E-state index is 0.122. The number of rotatable bonds is 4. The van der Waals surface area contributed by atoms with Gasteiger partial charge in [0, 0.05) is 12.7 Å². The number of halogens is 1. The quantitative estimate of drug-likeness (QED) is 0.682. The first kappa shape index (κ1) is 12.4. The Morgan fingerprint density at radius 2 is 2.33 bits per heavy atom. The Hall–Kier alpha value is -2.03. The molecule has 2 aromatic heterocycles. The van der Waals surface area contributed by atoms with Gasteiger partial charge in [-0.25, -0.2) is 9.67 Å². The van der Waals surface area contributed by atoms with Gasteiger partial charge in [-0.1, -0.05) is 0 Å². The summed E-state index contributed by atoms with van der Waals surface area (Å²) in [5.41, 5.74) is -0.202.